The number of carbonyl (C=O) groups excluding carboxylic acids is 1. The highest BCUT2D eigenvalue weighted by molar-refractivity contribution is 5.95. The van der Waals surface area contributed by atoms with Gasteiger partial charge in [0.25, 0.3) is 5.91 Å². The Morgan fingerprint density at radius 3 is 2.34 bits per heavy atom. The lowest BCUT2D eigenvalue weighted by molar-refractivity contribution is 0.0740. The van der Waals surface area contributed by atoms with Gasteiger partial charge in [-0.3, -0.25) is 9.48 Å². The zero-order chi connectivity index (χ0) is 22.2. The molecule has 1 aliphatic heterocycles. The van der Waals surface area contributed by atoms with Crippen LogP contribution < -0.4 is 4.90 Å². The molecule has 1 amide bonds. The summed E-state index contributed by atoms with van der Waals surface area (Å²) in [6.07, 6.45) is 0. The molecule has 6 heteroatoms. The summed E-state index contributed by atoms with van der Waals surface area (Å²) in [5, 5.41) is 5.47. The van der Waals surface area contributed by atoms with Crippen molar-refractivity contribution >= 4 is 22.6 Å². The number of carbonyl (C=O) groups is 1. The Labute approximate surface area is 188 Å². The second-order valence-electron chi connectivity index (χ2n) is 8.49. The van der Waals surface area contributed by atoms with E-state index in [2.05, 4.69) is 71.5 Å². The Morgan fingerprint density at radius 1 is 0.906 bits per heavy atom. The van der Waals surface area contributed by atoms with Gasteiger partial charge in [0.1, 0.15) is 5.82 Å². The average molecular weight is 426 g/mol. The van der Waals surface area contributed by atoms with Gasteiger partial charge in [-0.1, -0.05) is 48.0 Å². The van der Waals surface area contributed by atoms with Crippen molar-refractivity contribution in [2.45, 2.75) is 13.8 Å². The summed E-state index contributed by atoms with van der Waals surface area (Å²) in [6, 6.07) is 21.0. The average Bonchev–Trinajstić information content (AvgIpc) is 3.16. The van der Waals surface area contributed by atoms with Crippen molar-refractivity contribution in [2.75, 3.05) is 31.1 Å². The molecular formula is C26H27N5O. The minimum atomic E-state index is 0.00137. The van der Waals surface area contributed by atoms with Crippen LogP contribution in [0.4, 0.5) is 5.82 Å². The highest BCUT2D eigenvalue weighted by Gasteiger charge is 2.25. The van der Waals surface area contributed by atoms with E-state index in [9.17, 15) is 4.79 Å². The molecule has 5 rings (SSSR count). The minimum absolute atomic E-state index is 0.00137. The number of pyridine rings is 1. The zero-order valence-corrected chi connectivity index (χ0v) is 18.7. The molecule has 0 atom stereocenters. The van der Waals surface area contributed by atoms with Crippen LogP contribution in [0, 0.1) is 13.8 Å². The van der Waals surface area contributed by atoms with Gasteiger partial charge in [-0.2, -0.15) is 5.10 Å². The number of hydrogen-bond acceptors (Lipinski definition) is 4. The van der Waals surface area contributed by atoms with E-state index in [-0.39, 0.29) is 5.91 Å². The number of benzene rings is 2. The van der Waals surface area contributed by atoms with Gasteiger partial charge >= 0.3 is 0 Å². The molecule has 3 heterocycles. The van der Waals surface area contributed by atoms with Crippen molar-refractivity contribution in [1.82, 2.24) is 19.7 Å². The number of rotatable bonds is 3. The topological polar surface area (TPSA) is 54.3 Å². The van der Waals surface area contributed by atoms with Crippen LogP contribution in [0.25, 0.3) is 22.0 Å². The minimum Gasteiger partial charge on any atom is -0.353 e. The zero-order valence-electron chi connectivity index (χ0n) is 18.7. The first kappa shape index (κ1) is 20.2. The molecule has 0 unspecified atom stereocenters. The maximum Gasteiger partial charge on any atom is 0.274 e. The molecule has 0 aliphatic carbocycles. The third-order valence-corrected chi connectivity index (χ3v) is 6.29. The molecule has 0 radical (unpaired) electrons. The van der Waals surface area contributed by atoms with Crippen LogP contribution in [0.3, 0.4) is 0 Å². The van der Waals surface area contributed by atoms with Crippen LogP contribution in [-0.4, -0.2) is 51.8 Å². The Morgan fingerprint density at radius 2 is 1.66 bits per heavy atom. The molecule has 162 valence electrons. The van der Waals surface area contributed by atoms with Crippen molar-refractivity contribution in [3.63, 3.8) is 0 Å². The van der Waals surface area contributed by atoms with Gasteiger partial charge in [-0.05, 0) is 37.6 Å². The van der Waals surface area contributed by atoms with Crippen molar-refractivity contribution in [1.29, 1.82) is 0 Å². The summed E-state index contributed by atoms with van der Waals surface area (Å²) in [5.41, 5.74) is 6.07. The van der Waals surface area contributed by atoms with Crippen LogP contribution in [0.2, 0.25) is 0 Å². The van der Waals surface area contributed by atoms with E-state index in [1.807, 2.05) is 24.9 Å². The van der Waals surface area contributed by atoms with Gasteiger partial charge in [0.2, 0.25) is 0 Å². The van der Waals surface area contributed by atoms with Crippen LogP contribution in [0.15, 0.2) is 60.7 Å². The summed E-state index contributed by atoms with van der Waals surface area (Å²) in [4.78, 5) is 22.0. The van der Waals surface area contributed by atoms with Crippen molar-refractivity contribution in [2.24, 2.45) is 7.05 Å². The standard InChI is InChI=1S/C26H27N5O/c1-18-7-9-20(10-8-18)22-6-4-5-21-11-12-24(27-25(21)22)30-13-15-31(16-14-30)26(32)23-17-19(2)29(3)28-23/h4-12,17H,13-16H2,1-3H3. The first-order valence-electron chi connectivity index (χ1n) is 11.0. The summed E-state index contributed by atoms with van der Waals surface area (Å²) < 4.78 is 1.74. The first-order chi connectivity index (χ1) is 15.5. The molecule has 2 aromatic carbocycles. The number of aryl methyl sites for hydroxylation is 3. The molecule has 0 N–H and O–H groups in total. The summed E-state index contributed by atoms with van der Waals surface area (Å²) in [5.74, 6) is 0.958. The SMILES string of the molecule is Cc1ccc(-c2cccc3ccc(N4CCN(C(=O)c5cc(C)n(C)n5)CC4)nc23)cc1. The second kappa shape index (κ2) is 8.11. The molecule has 1 saturated heterocycles. The molecule has 0 spiro atoms. The van der Waals surface area contributed by atoms with Gasteiger partial charge in [-0.25, -0.2) is 4.98 Å². The molecule has 6 nitrogen and oxygen atoms in total. The number of amides is 1. The number of nitrogens with zero attached hydrogens (tertiary/aromatic N) is 5. The van der Waals surface area contributed by atoms with Gasteiger partial charge in [0.05, 0.1) is 5.52 Å². The van der Waals surface area contributed by atoms with E-state index in [1.54, 1.807) is 4.68 Å². The lowest BCUT2D eigenvalue weighted by atomic mass is 10.0. The molecule has 2 aromatic heterocycles. The largest absolute Gasteiger partial charge is 0.353 e. The third kappa shape index (κ3) is 3.73. The highest BCUT2D eigenvalue weighted by atomic mass is 16.2. The Hall–Kier alpha value is -3.67. The molecule has 32 heavy (non-hydrogen) atoms. The van der Waals surface area contributed by atoms with Gasteiger partial charge in [0, 0.05) is 49.9 Å². The highest BCUT2D eigenvalue weighted by Crippen LogP contribution is 2.29. The quantitative estimate of drug-likeness (QED) is 0.493. The van der Waals surface area contributed by atoms with Gasteiger partial charge < -0.3 is 9.80 Å². The molecule has 1 aliphatic rings. The second-order valence-corrected chi connectivity index (χ2v) is 8.49. The molecular weight excluding hydrogens is 398 g/mol. The molecule has 4 aromatic rings. The Kier molecular flexibility index (Phi) is 5.13. The van der Waals surface area contributed by atoms with Crippen LogP contribution in [0.1, 0.15) is 21.7 Å². The van der Waals surface area contributed by atoms with E-state index in [1.165, 1.54) is 11.1 Å². The summed E-state index contributed by atoms with van der Waals surface area (Å²) in [7, 11) is 1.86. The maximum atomic E-state index is 12.8. The first-order valence-corrected chi connectivity index (χ1v) is 11.0. The maximum absolute atomic E-state index is 12.8. The number of piperazine rings is 1. The van der Waals surface area contributed by atoms with E-state index in [0.29, 0.717) is 18.8 Å². The fraction of sp³-hybridized carbons (Fsp3) is 0.269. The fourth-order valence-electron chi connectivity index (χ4n) is 4.24. The van der Waals surface area contributed by atoms with Crippen molar-refractivity contribution < 1.29 is 4.79 Å². The predicted octanol–water partition coefficient (Wildman–Crippen LogP) is 4.21. The van der Waals surface area contributed by atoms with Gasteiger partial charge in [0.15, 0.2) is 5.69 Å². The van der Waals surface area contributed by atoms with Crippen LogP contribution >= 0.6 is 0 Å². The lowest BCUT2D eigenvalue weighted by Crippen LogP contribution is -2.49. The van der Waals surface area contributed by atoms with Crippen molar-refractivity contribution in [3.8, 4) is 11.1 Å². The monoisotopic (exact) mass is 425 g/mol. The number of anilines is 1. The van der Waals surface area contributed by atoms with E-state index < -0.39 is 0 Å². The summed E-state index contributed by atoms with van der Waals surface area (Å²) >= 11 is 0. The van der Waals surface area contributed by atoms with Gasteiger partial charge in [-0.15, -0.1) is 0 Å². The third-order valence-electron chi connectivity index (χ3n) is 6.29. The Balaban J connectivity index is 1.37. The van der Waals surface area contributed by atoms with Crippen molar-refractivity contribution in [3.05, 3.63) is 77.6 Å². The molecule has 0 saturated carbocycles. The lowest BCUT2D eigenvalue weighted by Gasteiger charge is -2.35. The smallest absolute Gasteiger partial charge is 0.274 e. The Bertz CT molecular complexity index is 1260. The van der Waals surface area contributed by atoms with E-state index in [4.69, 9.17) is 4.98 Å². The molecule has 1 fully saturated rings. The predicted molar refractivity (Wildman–Crippen MR) is 128 cm³/mol. The van der Waals surface area contributed by atoms with E-state index in [0.717, 1.165) is 41.1 Å². The number of aromatic nitrogens is 3. The normalized spacial score (nSPS) is 14.2. The number of hydrogen-bond donors (Lipinski definition) is 0. The van der Waals surface area contributed by atoms with Crippen LogP contribution in [0.5, 0.6) is 0 Å². The summed E-state index contributed by atoms with van der Waals surface area (Å²) in [6.45, 7) is 6.88. The number of fused-ring (bicyclic) bond motifs is 1. The van der Waals surface area contributed by atoms with Crippen LogP contribution in [-0.2, 0) is 7.05 Å². The molecule has 0 bridgehead atoms. The number of para-hydroxylation sites is 1. The van der Waals surface area contributed by atoms with E-state index >= 15 is 0 Å². The fourth-order valence-corrected chi connectivity index (χ4v) is 4.24.